The van der Waals surface area contributed by atoms with E-state index in [1.165, 1.54) is 0 Å². The third-order valence-corrected chi connectivity index (χ3v) is 1.67. The molecule has 0 saturated heterocycles. The predicted molar refractivity (Wildman–Crippen MR) is 60.6 cm³/mol. The molecule has 0 aliphatic carbocycles. The molecule has 1 amide bonds. The summed E-state index contributed by atoms with van der Waals surface area (Å²) in [7, 11) is 0. The van der Waals surface area contributed by atoms with Crippen molar-refractivity contribution in [1.29, 1.82) is 0 Å². The van der Waals surface area contributed by atoms with Crippen LogP contribution in [0.1, 0.15) is 5.56 Å². The molecular formula is C10H14N4O2. The van der Waals surface area contributed by atoms with E-state index in [-0.39, 0.29) is 12.6 Å². The minimum Gasteiger partial charge on any atom is -0.484 e. The van der Waals surface area contributed by atoms with Gasteiger partial charge in [0.1, 0.15) is 5.75 Å². The van der Waals surface area contributed by atoms with Crippen molar-refractivity contribution in [3.63, 3.8) is 0 Å². The molecule has 0 aromatic heterocycles. The maximum atomic E-state index is 11.2. The van der Waals surface area contributed by atoms with Gasteiger partial charge in [-0.05, 0) is 24.6 Å². The van der Waals surface area contributed by atoms with Gasteiger partial charge < -0.3 is 16.2 Å². The SMILES string of the molecule is Cc1cccc(OCC(=O)NN=C(N)N)c1. The molecule has 0 atom stereocenters. The van der Waals surface area contributed by atoms with E-state index in [2.05, 4.69) is 10.5 Å². The molecule has 0 aliphatic heterocycles. The van der Waals surface area contributed by atoms with Gasteiger partial charge in [-0.2, -0.15) is 0 Å². The fourth-order valence-corrected chi connectivity index (χ4v) is 1.01. The number of hydrazone groups is 1. The molecule has 0 aliphatic rings. The van der Waals surface area contributed by atoms with Gasteiger partial charge in [0.2, 0.25) is 5.96 Å². The van der Waals surface area contributed by atoms with E-state index in [1.807, 2.05) is 25.1 Å². The van der Waals surface area contributed by atoms with E-state index in [9.17, 15) is 4.79 Å². The lowest BCUT2D eigenvalue weighted by atomic mass is 10.2. The normalized spacial score (nSPS) is 9.31. The fourth-order valence-electron chi connectivity index (χ4n) is 1.01. The summed E-state index contributed by atoms with van der Waals surface area (Å²) < 4.78 is 5.22. The van der Waals surface area contributed by atoms with Gasteiger partial charge in [0.25, 0.3) is 5.91 Å². The molecule has 0 fully saturated rings. The van der Waals surface area contributed by atoms with Crippen molar-refractivity contribution >= 4 is 11.9 Å². The van der Waals surface area contributed by atoms with E-state index in [1.54, 1.807) is 6.07 Å². The summed E-state index contributed by atoms with van der Waals surface area (Å²) in [6, 6.07) is 7.37. The molecule has 0 bridgehead atoms. The number of carbonyl (C=O) groups excluding carboxylic acids is 1. The number of rotatable bonds is 4. The summed E-state index contributed by atoms with van der Waals surface area (Å²) in [4.78, 5) is 11.2. The van der Waals surface area contributed by atoms with Crippen LogP contribution in [0.15, 0.2) is 29.4 Å². The highest BCUT2D eigenvalue weighted by atomic mass is 16.5. The second-order valence-electron chi connectivity index (χ2n) is 3.18. The summed E-state index contributed by atoms with van der Waals surface area (Å²) in [5.41, 5.74) is 13.3. The molecule has 16 heavy (non-hydrogen) atoms. The molecule has 1 rings (SSSR count). The summed E-state index contributed by atoms with van der Waals surface area (Å²) in [5, 5.41) is 3.35. The number of hydrogen-bond donors (Lipinski definition) is 3. The Morgan fingerprint density at radius 2 is 2.25 bits per heavy atom. The standard InChI is InChI=1S/C10H14N4O2/c1-7-3-2-4-8(5-7)16-6-9(15)13-14-10(11)12/h2-5H,6H2,1H3,(H,13,15)(H4,11,12,14). The van der Waals surface area contributed by atoms with Crippen LogP contribution in [0.2, 0.25) is 0 Å². The zero-order valence-corrected chi connectivity index (χ0v) is 8.93. The zero-order chi connectivity index (χ0) is 12.0. The minimum absolute atomic E-state index is 0.139. The summed E-state index contributed by atoms with van der Waals surface area (Å²) in [6.07, 6.45) is 0. The Morgan fingerprint density at radius 1 is 1.50 bits per heavy atom. The third-order valence-electron chi connectivity index (χ3n) is 1.67. The van der Waals surface area contributed by atoms with Gasteiger partial charge in [0, 0.05) is 0 Å². The predicted octanol–water partition coefficient (Wildman–Crippen LogP) is -0.322. The highest BCUT2D eigenvalue weighted by molar-refractivity contribution is 5.81. The topological polar surface area (TPSA) is 103 Å². The van der Waals surface area contributed by atoms with Crippen LogP contribution in [-0.2, 0) is 4.79 Å². The van der Waals surface area contributed by atoms with E-state index in [4.69, 9.17) is 16.2 Å². The van der Waals surface area contributed by atoms with Gasteiger partial charge in [-0.25, -0.2) is 5.43 Å². The van der Waals surface area contributed by atoms with Gasteiger partial charge >= 0.3 is 0 Å². The number of carbonyl (C=O) groups is 1. The fraction of sp³-hybridized carbons (Fsp3) is 0.200. The van der Waals surface area contributed by atoms with Gasteiger partial charge in [0.15, 0.2) is 6.61 Å². The highest BCUT2D eigenvalue weighted by Crippen LogP contribution is 2.11. The molecule has 0 unspecified atom stereocenters. The number of guanidine groups is 1. The Bertz CT molecular complexity index is 400. The first kappa shape index (κ1) is 11.8. The van der Waals surface area contributed by atoms with Crippen LogP contribution in [0, 0.1) is 6.92 Å². The maximum Gasteiger partial charge on any atom is 0.278 e. The number of amides is 1. The van der Waals surface area contributed by atoms with Crippen LogP contribution in [0.5, 0.6) is 5.75 Å². The van der Waals surface area contributed by atoms with Gasteiger partial charge in [0.05, 0.1) is 0 Å². The summed E-state index contributed by atoms with van der Waals surface area (Å²) in [6.45, 7) is 1.80. The second-order valence-corrected chi connectivity index (χ2v) is 3.18. The molecule has 1 aromatic rings. The number of hydrogen-bond acceptors (Lipinski definition) is 3. The third kappa shape index (κ3) is 4.32. The average Bonchev–Trinajstić information content (AvgIpc) is 2.23. The Balaban J connectivity index is 2.40. The van der Waals surface area contributed by atoms with Crippen LogP contribution >= 0.6 is 0 Å². The first-order valence-corrected chi connectivity index (χ1v) is 4.65. The Labute approximate surface area is 93.3 Å². The second kappa shape index (κ2) is 5.59. The number of ether oxygens (including phenoxy) is 1. The molecule has 86 valence electrons. The number of nitrogens with one attached hydrogen (secondary N) is 1. The lowest BCUT2D eigenvalue weighted by Crippen LogP contribution is -2.31. The first-order valence-electron chi connectivity index (χ1n) is 4.65. The molecule has 0 heterocycles. The van der Waals surface area contributed by atoms with Crippen LogP contribution in [-0.4, -0.2) is 18.5 Å². The monoisotopic (exact) mass is 222 g/mol. The maximum absolute atomic E-state index is 11.2. The highest BCUT2D eigenvalue weighted by Gasteiger charge is 2.01. The first-order chi connectivity index (χ1) is 7.58. The van der Waals surface area contributed by atoms with Crippen molar-refractivity contribution in [3.05, 3.63) is 29.8 Å². The van der Waals surface area contributed by atoms with Crippen molar-refractivity contribution < 1.29 is 9.53 Å². The molecule has 6 nitrogen and oxygen atoms in total. The van der Waals surface area contributed by atoms with Crippen molar-refractivity contribution in [2.24, 2.45) is 16.6 Å². The van der Waals surface area contributed by atoms with Gasteiger partial charge in [-0.3, -0.25) is 4.79 Å². The molecular weight excluding hydrogens is 208 g/mol. The van der Waals surface area contributed by atoms with Crippen LogP contribution < -0.4 is 21.6 Å². The quantitative estimate of drug-likeness (QED) is 0.369. The van der Waals surface area contributed by atoms with E-state index >= 15 is 0 Å². The largest absolute Gasteiger partial charge is 0.484 e. The number of aryl methyl sites for hydroxylation is 1. The Hall–Kier alpha value is -2.24. The van der Waals surface area contributed by atoms with Crippen LogP contribution in [0.3, 0.4) is 0 Å². The average molecular weight is 222 g/mol. The van der Waals surface area contributed by atoms with Crippen molar-refractivity contribution in [2.45, 2.75) is 6.92 Å². The van der Waals surface area contributed by atoms with E-state index in [0.717, 1.165) is 5.56 Å². The lowest BCUT2D eigenvalue weighted by Gasteiger charge is -2.05. The van der Waals surface area contributed by atoms with Crippen LogP contribution in [0.25, 0.3) is 0 Å². The molecule has 5 N–H and O–H groups in total. The molecule has 0 radical (unpaired) electrons. The smallest absolute Gasteiger partial charge is 0.278 e. The minimum atomic E-state index is -0.421. The van der Waals surface area contributed by atoms with Crippen molar-refractivity contribution in [1.82, 2.24) is 5.43 Å². The molecule has 6 heteroatoms. The van der Waals surface area contributed by atoms with Gasteiger partial charge in [-0.1, -0.05) is 12.1 Å². The van der Waals surface area contributed by atoms with E-state index < -0.39 is 5.91 Å². The summed E-state index contributed by atoms with van der Waals surface area (Å²) >= 11 is 0. The molecule has 0 spiro atoms. The zero-order valence-electron chi connectivity index (χ0n) is 8.93. The van der Waals surface area contributed by atoms with Crippen molar-refractivity contribution in [2.75, 3.05) is 6.61 Å². The molecule has 0 saturated carbocycles. The Morgan fingerprint density at radius 3 is 2.88 bits per heavy atom. The summed E-state index contributed by atoms with van der Waals surface area (Å²) in [5.74, 6) is -0.00124. The van der Waals surface area contributed by atoms with Crippen LogP contribution in [0.4, 0.5) is 0 Å². The lowest BCUT2D eigenvalue weighted by molar-refractivity contribution is -0.123. The molecule has 1 aromatic carbocycles. The van der Waals surface area contributed by atoms with Crippen molar-refractivity contribution in [3.8, 4) is 5.75 Å². The van der Waals surface area contributed by atoms with Gasteiger partial charge in [-0.15, -0.1) is 5.10 Å². The number of nitrogens with two attached hydrogens (primary N) is 2. The van der Waals surface area contributed by atoms with E-state index in [0.29, 0.717) is 5.75 Å². The number of benzene rings is 1. The number of nitrogens with zero attached hydrogens (tertiary/aromatic N) is 1. The Kier molecular flexibility index (Phi) is 4.14.